The van der Waals surface area contributed by atoms with Crippen LogP contribution in [0.3, 0.4) is 0 Å². The summed E-state index contributed by atoms with van der Waals surface area (Å²) < 4.78 is 0. The van der Waals surface area contributed by atoms with Gasteiger partial charge in [-0.15, -0.1) is 0 Å². The second-order valence-corrected chi connectivity index (χ2v) is 4.21. The molecule has 0 aliphatic heterocycles. The van der Waals surface area contributed by atoms with E-state index in [0.29, 0.717) is 0 Å². The van der Waals surface area contributed by atoms with Gasteiger partial charge in [0.15, 0.2) is 0 Å². The van der Waals surface area contributed by atoms with Gasteiger partial charge in [0.1, 0.15) is 0 Å². The van der Waals surface area contributed by atoms with Gasteiger partial charge in [-0.1, -0.05) is 17.7 Å². The molecule has 1 aromatic carbocycles. The molecule has 0 amide bonds. The number of hydrogen-bond acceptors (Lipinski definition) is 1. The number of hydrogen-bond donors (Lipinski definition) is 1. The molecular formula is C11H14ClN. The van der Waals surface area contributed by atoms with Crippen LogP contribution in [0.25, 0.3) is 0 Å². The van der Waals surface area contributed by atoms with Crippen LogP contribution in [0.2, 0.25) is 5.02 Å². The van der Waals surface area contributed by atoms with Crippen LogP contribution in [-0.2, 0) is 0 Å². The molecule has 1 saturated carbocycles. The number of nitrogens with one attached hydrogen (secondary N) is 1. The SMILES string of the molecule is Cc1ccc(NCC2CC2)c(Cl)c1. The molecule has 1 aliphatic rings. The van der Waals surface area contributed by atoms with Crippen LogP contribution in [-0.4, -0.2) is 6.54 Å². The van der Waals surface area contributed by atoms with Crippen molar-refractivity contribution in [1.82, 2.24) is 0 Å². The predicted molar refractivity (Wildman–Crippen MR) is 57.4 cm³/mol. The third-order valence-corrected chi connectivity index (χ3v) is 2.72. The Balaban J connectivity index is 2.01. The highest BCUT2D eigenvalue weighted by atomic mass is 35.5. The molecule has 1 fully saturated rings. The molecule has 0 aromatic heterocycles. The summed E-state index contributed by atoms with van der Waals surface area (Å²) in [7, 11) is 0. The zero-order valence-electron chi connectivity index (χ0n) is 7.81. The van der Waals surface area contributed by atoms with Crippen LogP contribution in [0.15, 0.2) is 18.2 Å². The Morgan fingerprint density at radius 3 is 2.85 bits per heavy atom. The minimum absolute atomic E-state index is 0.834. The molecule has 0 unspecified atom stereocenters. The first-order valence-electron chi connectivity index (χ1n) is 4.76. The number of rotatable bonds is 3. The third kappa shape index (κ3) is 2.38. The first-order chi connectivity index (χ1) is 6.25. The standard InChI is InChI=1S/C11H14ClN/c1-8-2-5-11(10(12)6-8)13-7-9-3-4-9/h2,5-6,9,13H,3-4,7H2,1H3. The van der Waals surface area contributed by atoms with Crippen molar-refractivity contribution in [2.45, 2.75) is 19.8 Å². The second kappa shape index (κ2) is 3.59. The van der Waals surface area contributed by atoms with Gasteiger partial charge in [-0.3, -0.25) is 0 Å². The summed E-state index contributed by atoms with van der Waals surface area (Å²) in [5, 5.41) is 4.20. The minimum atomic E-state index is 0.834. The Bertz CT molecular complexity index is 305. The molecule has 0 saturated heterocycles. The van der Waals surface area contributed by atoms with E-state index in [0.717, 1.165) is 23.2 Å². The fourth-order valence-electron chi connectivity index (χ4n) is 1.34. The van der Waals surface area contributed by atoms with Gasteiger partial charge < -0.3 is 5.32 Å². The smallest absolute Gasteiger partial charge is 0.0640 e. The molecule has 13 heavy (non-hydrogen) atoms. The van der Waals surface area contributed by atoms with E-state index >= 15 is 0 Å². The molecule has 1 aliphatic carbocycles. The summed E-state index contributed by atoms with van der Waals surface area (Å²) >= 11 is 6.07. The largest absolute Gasteiger partial charge is 0.384 e. The van der Waals surface area contributed by atoms with Gasteiger partial charge >= 0.3 is 0 Å². The average Bonchev–Trinajstić information content (AvgIpc) is 2.86. The van der Waals surface area contributed by atoms with Crippen molar-refractivity contribution in [3.05, 3.63) is 28.8 Å². The molecule has 1 nitrogen and oxygen atoms in total. The zero-order chi connectivity index (χ0) is 9.26. The lowest BCUT2D eigenvalue weighted by Crippen LogP contribution is -2.03. The summed E-state index contributed by atoms with van der Waals surface area (Å²) in [6.07, 6.45) is 2.74. The van der Waals surface area contributed by atoms with Crippen molar-refractivity contribution >= 4 is 17.3 Å². The Morgan fingerprint density at radius 1 is 1.46 bits per heavy atom. The fourth-order valence-corrected chi connectivity index (χ4v) is 1.64. The van der Waals surface area contributed by atoms with Crippen molar-refractivity contribution < 1.29 is 0 Å². The van der Waals surface area contributed by atoms with E-state index < -0.39 is 0 Å². The first kappa shape index (κ1) is 8.89. The Hall–Kier alpha value is -0.690. The van der Waals surface area contributed by atoms with Gasteiger partial charge in [0.2, 0.25) is 0 Å². The van der Waals surface area contributed by atoms with Crippen LogP contribution in [0.1, 0.15) is 18.4 Å². The monoisotopic (exact) mass is 195 g/mol. The first-order valence-corrected chi connectivity index (χ1v) is 5.13. The van der Waals surface area contributed by atoms with E-state index in [1.807, 2.05) is 6.07 Å². The van der Waals surface area contributed by atoms with Crippen LogP contribution < -0.4 is 5.32 Å². The lowest BCUT2D eigenvalue weighted by atomic mass is 10.2. The Morgan fingerprint density at radius 2 is 2.23 bits per heavy atom. The number of aryl methyl sites for hydroxylation is 1. The molecule has 2 rings (SSSR count). The van der Waals surface area contributed by atoms with E-state index in [-0.39, 0.29) is 0 Å². The van der Waals surface area contributed by atoms with Crippen molar-refractivity contribution in [2.24, 2.45) is 5.92 Å². The van der Waals surface area contributed by atoms with Gasteiger partial charge in [0.25, 0.3) is 0 Å². The van der Waals surface area contributed by atoms with Crippen LogP contribution >= 0.6 is 11.6 Å². The molecule has 0 spiro atoms. The topological polar surface area (TPSA) is 12.0 Å². The molecule has 70 valence electrons. The maximum atomic E-state index is 6.07. The molecule has 0 radical (unpaired) electrons. The summed E-state index contributed by atoms with van der Waals surface area (Å²) in [4.78, 5) is 0. The van der Waals surface area contributed by atoms with Crippen LogP contribution in [0.4, 0.5) is 5.69 Å². The highest BCUT2D eigenvalue weighted by molar-refractivity contribution is 6.33. The van der Waals surface area contributed by atoms with Gasteiger partial charge in [-0.25, -0.2) is 0 Å². The maximum Gasteiger partial charge on any atom is 0.0640 e. The molecule has 1 aromatic rings. The lowest BCUT2D eigenvalue weighted by molar-refractivity contribution is 0.889. The highest BCUT2D eigenvalue weighted by Gasteiger charge is 2.20. The van der Waals surface area contributed by atoms with Gasteiger partial charge in [0.05, 0.1) is 10.7 Å². The molecule has 0 heterocycles. The van der Waals surface area contributed by atoms with Gasteiger partial charge in [-0.2, -0.15) is 0 Å². The van der Waals surface area contributed by atoms with Gasteiger partial charge in [0, 0.05) is 6.54 Å². The fraction of sp³-hybridized carbons (Fsp3) is 0.455. The minimum Gasteiger partial charge on any atom is -0.384 e. The molecule has 1 N–H and O–H groups in total. The Labute approximate surface area is 84.1 Å². The highest BCUT2D eigenvalue weighted by Crippen LogP contribution is 2.30. The van der Waals surface area contributed by atoms with Gasteiger partial charge in [-0.05, 0) is 43.4 Å². The normalized spacial score (nSPS) is 15.8. The van der Waals surface area contributed by atoms with E-state index in [4.69, 9.17) is 11.6 Å². The molecular weight excluding hydrogens is 182 g/mol. The van der Waals surface area contributed by atoms with Crippen LogP contribution in [0, 0.1) is 12.8 Å². The molecule has 0 bridgehead atoms. The van der Waals surface area contributed by atoms with E-state index in [1.54, 1.807) is 0 Å². The van der Waals surface area contributed by atoms with Crippen molar-refractivity contribution in [3.8, 4) is 0 Å². The molecule has 2 heteroatoms. The van der Waals surface area contributed by atoms with Crippen LogP contribution in [0.5, 0.6) is 0 Å². The average molecular weight is 196 g/mol. The molecule has 0 atom stereocenters. The van der Waals surface area contributed by atoms with Crippen molar-refractivity contribution in [1.29, 1.82) is 0 Å². The van der Waals surface area contributed by atoms with Crippen molar-refractivity contribution in [2.75, 3.05) is 11.9 Å². The summed E-state index contributed by atoms with van der Waals surface area (Å²) in [6.45, 7) is 3.12. The number of halogens is 1. The van der Waals surface area contributed by atoms with E-state index in [9.17, 15) is 0 Å². The number of anilines is 1. The summed E-state index contributed by atoms with van der Waals surface area (Å²) in [5.74, 6) is 0.886. The summed E-state index contributed by atoms with van der Waals surface area (Å²) in [5.41, 5.74) is 2.28. The zero-order valence-corrected chi connectivity index (χ0v) is 8.56. The lowest BCUT2D eigenvalue weighted by Gasteiger charge is -2.07. The van der Waals surface area contributed by atoms with E-state index in [1.165, 1.54) is 18.4 Å². The Kier molecular flexibility index (Phi) is 2.45. The third-order valence-electron chi connectivity index (χ3n) is 2.40. The van der Waals surface area contributed by atoms with E-state index in [2.05, 4.69) is 24.4 Å². The second-order valence-electron chi connectivity index (χ2n) is 3.81. The number of benzene rings is 1. The predicted octanol–water partition coefficient (Wildman–Crippen LogP) is 3.47. The van der Waals surface area contributed by atoms with Crippen molar-refractivity contribution in [3.63, 3.8) is 0 Å². The quantitative estimate of drug-likeness (QED) is 0.779. The maximum absolute atomic E-state index is 6.07. The summed E-state index contributed by atoms with van der Waals surface area (Å²) in [6, 6.07) is 6.14.